The van der Waals surface area contributed by atoms with Gasteiger partial charge < -0.3 is 34.4 Å². The van der Waals surface area contributed by atoms with E-state index in [1.165, 1.54) is 0 Å². The highest BCUT2D eigenvalue weighted by atomic mass is 14.8. The first-order valence-corrected chi connectivity index (χ1v) is 5.30. The number of benzene rings is 2. The Morgan fingerprint density at radius 1 is 0.444 bits per heavy atom. The van der Waals surface area contributed by atoms with Gasteiger partial charge in [0.25, 0.3) is 0 Å². The lowest BCUT2D eigenvalue weighted by molar-refractivity contribution is 1.58. The van der Waals surface area contributed by atoms with E-state index in [1.807, 2.05) is 0 Å². The van der Waals surface area contributed by atoms with E-state index in [2.05, 4.69) is 0 Å². The summed E-state index contributed by atoms with van der Waals surface area (Å²) in [5.41, 5.74) is 38.5. The molecule has 0 radical (unpaired) electrons. The molecule has 0 aliphatic carbocycles. The largest absolute Gasteiger partial charge is 0.397 e. The number of hydrogen-bond donors (Lipinski definition) is 6. The smallest absolute Gasteiger partial charge is 0.0787 e. The summed E-state index contributed by atoms with van der Waals surface area (Å²) >= 11 is 0. The van der Waals surface area contributed by atoms with Crippen molar-refractivity contribution in [1.29, 1.82) is 0 Å². The molecule has 6 nitrogen and oxygen atoms in total. The highest BCUT2D eigenvalue weighted by molar-refractivity contribution is 5.98. The van der Waals surface area contributed by atoms with Crippen molar-refractivity contribution in [1.82, 2.24) is 0 Å². The monoisotopic (exact) mass is 244 g/mol. The molecule has 0 bridgehead atoms. The lowest BCUT2D eigenvalue weighted by Gasteiger charge is -2.14. The first-order chi connectivity index (χ1) is 8.43. The van der Waals surface area contributed by atoms with Crippen molar-refractivity contribution in [3.63, 3.8) is 0 Å². The molecule has 12 N–H and O–H groups in total. The van der Waals surface area contributed by atoms with Crippen LogP contribution in [0, 0.1) is 0 Å². The third-order valence-electron chi connectivity index (χ3n) is 2.93. The summed E-state index contributed by atoms with van der Waals surface area (Å²) in [4.78, 5) is 0. The summed E-state index contributed by atoms with van der Waals surface area (Å²) < 4.78 is 0. The van der Waals surface area contributed by atoms with Crippen LogP contribution < -0.4 is 34.4 Å². The highest BCUT2D eigenvalue weighted by Gasteiger charge is 2.13. The molecule has 2 aromatic rings. The van der Waals surface area contributed by atoms with E-state index in [-0.39, 0.29) is 0 Å². The predicted molar refractivity (Wildman–Crippen MR) is 78.4 cm³/mol. The summed E-state index contributed by atoms with van der Waals surface area (Å²) in [5.74, 6) is 0. The summed E-state index contributed by atoms with van der Waals surface area (Å²) in [6, 6.07) is 6.85. The van der Waals surface area contributed by atoms with Gasteiger partial charge in [0.2, 0.25) is 0 Å². The molecule has 2 rings (SSSR count). The van der Waals surface area contributed by atoms with E-state index >= 15 is 0 Å². The van der Waals surface area contributed by atoms with Crippen molar-refractivity contribution in [2.24, 2.45) is 0 Å². The third-order valence-corrected chi connectivity index (χ3v) is 2.93. The Morgan fingerprint density at radius 2 is 0.778 bits per heavy atom. The maximum atomic E-state index is 5.94. The first kappa shape index (κ1) is 11.7. The Balaban J connectivity index is 2.71. The lowest BCUT2D eigenvalue weighted by atomic mass is 9.99. The molecule has 0 fully saturated rings. The van der Waals surface area contributed by atoms with Crippen LogP contribution in [-0.4, -0.2) is 0 Å². The molecule has 0 saturated heterocycles. The molecule has 18 heavy (non-hydrogen) atoms. The molecule has 2 aromatic carbocycles. The van der Waals surface area contributed by atoms with Gasteiger partial charge in [-0.3, -0.25) is 0 Å². The Hall–Kier alpha value is -2.76. The van der Waals surface area contributed by atoms with Gasteiger partial charge in [-0.2, -0.15) is 0 Å². The summed E-state index contributed by atoms with van der Waals surface area (Å²) in [6.07, 6.45) is 0. The number of nitrogens with two attached hydrogens (primary N) is 6. The number of nitrogen functional groups attached to an aromatic ring is 6. The SMILES string of the molecule is Nc1ccc(-c2ccc(N)c(N)c2N)c(N)c1N. The van der Waals surface area contributed by atoms with E-state index in [4.69, 9.17) is 34.4 Å². The molecule has 0 unspecified atom stereocenters. The van der Waals surface area contributed by atoms with Crippen molar-refractivity contribution in [3.05, 3.63) is 24.3 Å². The van der Waals surface area contributed by atoms with Crippen LogP contribution in [0.4, 0.5) is 34.1 Å². The fraction of sp³-hybridized carbons (Fsp3) is 0. The second kappa shape index (κ2) is 3.92. The van der Waals surface area contributed by atoms with Gasteiger partial charge in [-0.25, -0.2) is 0 Å². The molecular formula is C12H16N6. The van der Waals surface area contributed by atoms with Crippen LogP contribution in [0.2, 0.25) is 0 Å². The standard InChI is InChI=1S/C12H16N6/c13-7-3-1-5(9(15)11(7)17)6-2-4-8(14)12(18)10(6)16/h1-4H,13-18H2. The zero-order valence-electron chi connectivity index (χ0n) is 9.77. The van der Waals surface area contributed by atoms with Crippen LogP contribution >= 0.6 is 0 Å². The molecule has 0 heterocycles. The average molecular weight is 244 g/mol. The summed E-state index contributed by atoms with van der Waals surface area (Å²) in [7, 11) is 0. The molecule has 94 valence electrons. The highest BCUT2D eigenvalue weighted by Crippen LogP contribution is 2.39. The van der Waals surface area contributed by atoms with Gasteiger partial charge in [-0.15, -0.1) is 0 Å². The molecule has 0 amide bonds. The maximum Gasteiger partial charge on any atom is 0.0787 e. The van der Waals surface area contributed by atoms with Crippen LogP contribution in [0.3, 0.4) is 0 Å². The van der Waals surface area contributed by atoms with E-state index in [0.29, 0.717) is 45.3 Å². The summed E-state index contributed by atoms with van der Waals surface area (Å²) in [5, 5.41) is 0. The van der Waals surface area contributed by atoms with Gasteiger partial charge in [-0.05, 0) is 12.1 Å². The molecule has 0 atom stereocenters. The van der Waals surface area contributed by atoms with Crippen molar-refractivity contribution in [2.45, 2.75) is 0 Å². The fourth-order valence-electron chi connectivity index (χ4n) is 1.78. The second-order valence-electron chi connectivity index (χ2n) is 4.06. The van der Waals surface area contributed by atoms with E-state index in [1.54, 1.807) is 24.3 Å². The van der Waals surface area contributed by atoms with Crippen LogP contribution in [0.1, 0.15) is 0 Å². The summed E-state index contributed by atoms with van der Waals surface area (Å²) in [6.45, 7) is 0. The van der Waals surface area contributed by atoms with E-state index in [0.717, 1.165) is 0 Å². The van der Waals surface area contributed by atoms with Crippen molar-refractivity contribution in [2.75, 3.05) is 34.4 Å². The van der Waals surface area contributed by atoms with Gasteiger partial charge >= 0.3 is 0 Å². The van der Waals surface area contributed by atoms with Gasteiger partial charge in [0.15, 0.2) is 0 Å². The average Bonchev–Trinajstić information content (AvgIpc) is 2.35. The van der Waals surface area contributed by atoms with Gasteiger partial charge in [0, 0.05) is 11.1 Å². The van der Waals surface area contributed by atoms with Crippen molar-refractivity contribution >= 4 is 34.1 Å². The van der Waals surface area contributed by atoms with Crippen molar-refractivity contribution < 1.29 is 0 Å². The maximum absolute atomic E-state index is 5.94. The van der Waals surface area contributed by atoms with Gasteiger partial charge in [0.05, 0.1) is 34.1 Å². The minimum atomic E-state index is 0.335. The first-order valence-electron chi connectivity index (χ1n) is 5.30. The van der Waals surface area contributed by atoms with Crippen LogP contribution in [0.25, 0.3) is 11.1 Å². The van der Waals surface area contributed by atoms with E-state index < -0.39 is 0 Å². The quantitative estimate of drug-likeness (QED) is 0.408. The Labute approximate surface area is 105 Å². The number of rotatable bonds is 1. The van der Waals surface area contributed by atoms with Gasteiger partial charge in [-0.1, -0.05) is 12.1 Å². The molecule has 0 aromatic heterocycles. The minimum absolute atomic E-state index is 0.335. The molecule has 0 spiro atoms. The zero-order valence-corrected chi connectivity index (χ0v) is 9.77. The zero-order chi connectivity index (χ0) is 13.4. The topological polar surface area (TPSA) is 156 Å². The second-order valence-corrected chi connectivity index (χ2v) is 4.06. The molecular weight excluding hydrogens is 228 g/mol. The number of anilines is 6. The molecule has 6 heteroatoms. The fourth-order valence-corrected chi connectivity index (χ4v) is 1.78. The third kappa shape index (κ3) is 1.60. The Bertz CT molecular complexity index is 565. The molecule has 0 aliphatic heterocycles. The Morgan fingerprint density at radius 3 is 1.11 bits per heavy atom. The predicted octanol–water partition coefficient (Wildman–Crippen LogP) is 0.847. The molecule has 0 saturated carbocycles. The Kier molecular flexibility index (Phi) is 2.55. The van der Waals surface area contributed by atoms with E-state index in [9.17, 15) is 0 Å². The van der Waals surface area contributed by atoms with Gasteiger partial charge in [0.1, 0.15) is 0 Å². The normalized spacial score (nSPS) is 10.4. The number of hydrogen-bond acceptors (Lipinski definition) is 6. The van der Waals surface area contributed by atoms with Crippen LogP contribution in [-0.2, 0) is 0 Å². The minimum Gasteiger partial charge on any atom is -0.397 e. The van der Waals surface area contributed by atoms with Crippen LogP contribution in [0.5, 0.6) is 0 Å². The lowest BCUT2D eigenvalue weighted by Crippen LogP contribution is -2.05. The van der Waals surface area contributed by atoms with Crippen molar-refractivity contribution in [3.8, 4) is 11.1 Å². The molecule has 0 aliphatic rings. The van der Waals surface area contributed by atoms with Crippen LogP contribution in [0.15, 0.2) is 24.3 Å².